The van der Waals surface area contributed by atoms with Gasteiger partial charge in [0.1, 0.15) is 25.5 Å². The number of methoxy groups -OCH3 is 1. The van der Waals surface area contributed by atoms with E-state index >= 15 is 0 Å². The Morgan fingerprint density at radius 3 is 2.29 bits per heavy atom. The number of ether oxygens (including phenoxy) is 5. The molecule has 0 saturated heterocycles. The number of aliphatic hydroxyl groups excluding tert-OH is 1. The zero-order valence-electron chi connectivity index (χ0n) is 26.8. The van der Waals surface area contributed by atoms with Crippen molar-refractivity contribution < 1.29 is 33.7 Å². The summed E-state index contributed by atoms with van der Waals surface area (Å²) in [5.74, 6) is 2.63. The molecule has 2 N–H and O–H groups in total. The predicted octanol–water partition coefficient (Wildman–Crippen LogP) is 6.23. The van der Waals surface area contributed by atoms with E-state index in [1.807, 2.05) is 26.2 Å². The number of hydrogen-bond donors (Lipinski definition) is 2. The smallest absolute Gasteiger partial charge is 0.180 e. The number of aryl methyl sites for hydroxylation is 1. The summed E-state index contributed by atoms with van der Waals surface area (Å²) in [6, 6.07) is 2.24. The minimum atomic E-state index is 0.128. The Morgan fingerprint density at radius 2 is 1.67 bits per heavy atom. The van der Waals surface area contributed by atoms with E-state index in [0.29, 0.717) is 39.4 Å². The van der Waals surface area contributed by atoms with Crippen molar-refractivity contribution in [2.75, 3.05) is 67.4 Å². The van der Waals surface area contributed by atoms with Gasteiger partial charge in [-0.3, -0.25) is 0 Å². The first kappa shape index (κ1) is 38.4. The van der Waals surface area contributed by atoms with Crippen molar-refractivity contribution in [2.24, 2.45) is 0 Å². The van der Waals surface area contributed by atoms with Gasteiger partial charge >= 0.3 is 0 Å². The van der Waals surface area contributed by atoms with Crippen molar-refractivity contribution in [3.05, 3.63) is 28.0 Å². The van der Waals surface area contributed by atoms with Gasteiger partial charge in [0, 0.05) is 28.3 Å². The number of nitrogens with one attached hydrogen (secondary N) is 1. The van der Waals surface area contributed by atoms with Gasteiger partial charge in [-0.25, -0.2) is 0 Å². The van der Waals surface area contributed by atoms with E-state index in [-0.39, 0.29) is 6.61 Å². The van der Waals surface area contributed by atoms with Gasteiger partial charge in [0.2, 0.25) is 0 Å². The third-order valence-electron chi connectivity index (χ3n) is 5.34. The standard InChI is InChI=1S/C20H21BO4S3.C6H15NO2.C3H8.C2H6/c1-3-23-16-13(9-22-2)10-26-19(16)15-8-12(4-5-21)18(28-15)20-17-14(11-27-20)24-6-7-25-17;1-7(2)3-5-9-6-4-8;1-3-2;1-2/h8,10-11H,3-7,9H2,1-2H3;8H,3-6H2,1-2H3;3H2,1-2H3;1-2H3/p+1. The van der Waals surface area contributed by atoms with Gasteiger partial charge in [-0.15, -0.1) is 34.0 Å². The minimum absolute atomic E-state index is 0.128. The number of aliphatic hydroxyl groups is 1. The quantitative estimate of drug-likeness (QED) is 0.171. The molecular weight excluding hydrogens is 589 g/mol. The van der Waals surface area contributed by atoms with Crippen LogP contribution in [0.5, 0.6) is 17.2 Å². The molecule has 0 aliphatic carbocycles. The highest BCUT2D eigenvalue weighted by Crippen LogP contribution is 2.52. The molecule has 0 amide bonds. The monoisotopic (exact) mass is 640 g/mol. The van der Waals surface area contributed by atoms with E-state index in [2.05, 4.69) is 39.4 Å². The summed E-state index contributed by atoms with van der Waals surface area (Å²) in [5.41, 5.74) is 2.33. The second kappa shape index (κ2) is 22.9. The fourth-order valence-electron chi connectivity index (χ4n) is 3.65. The molecular formula is C31H51BNO6S3+. The molecule has 42 heavy (non-hydrogen) atoms. The number of fused-ring (bicyclic) bond motifs is 1. The number of quaternary nitrogens is 1. The molecule has 4 rings (SSSR count). The first-order valence-electron chi connectivity index (χ1n) is 14.9. The summed E-state index contributed by atoms with van der Waals surface area (Å²) in [7, 11) is 11.8. The molecule has 0 fully saturated rings. The zero-order chi connectivity index (χ0) is 31.3. The van der Waals surface area contributed by atoms with Crippen molar-refractivity contribution in [3.63, 3.8) is 0 Å². The lowest BCUT2D eigenvalue weighted by Gasteiger charge is -2.16. The van der Waals surface area contributed by atoms with Gasteiger partial charge in [-0.05, 0) is 25.0 Å². The third-order valence-corrected chi connectivity index (χ3v) is 8.81. The van der Waals surface area contributed by atoms with Gasteiger partial charge in [0.25, 0.3) is 0 Å². The van der Waals surface area contributed by atoms with Crippen LogP contribution in [-0.2, 0) is 22.5 Å². The highest BCUT2D eigenvalue weighted by atomic mass is 32.1. The molecule has 3 aromatic rings. The van der Waals surface area contributed by atoms with Gasteiger partial charge in [0.05, 0.1) is 69.6 Å². The Bertz CT molecular complexity index is 1100. The van der Waals surface area contributed by atoms with Gasteiger partial charge < -0.3 is 33.7 Å². The van der Waals surface area contributed by atoms with Gasteiger partial charge in [0.15, 0.2) is 11.5 Å². The molecule has 0 aromatic carbocycles. The Kier molecular flexibility index (Phi) is 20.9. The lowest BCUT2D eigenvalue weighted by atomic mass is 9.97. The molecule has 0 atom stereocenters. The largest absolute Gasteiger partial charge is 0.492 e. The van der Waals surface area contributed by atoms with Crippen LogP contribution >= 0.6 is 34.0 Å². The van der Waals surface area contributed by atoms with E-state index in [1.165, 1.54) is 26.6 Å². The molecule has 0 bridgehead atoms. The van der Waals surface area contributed by atoms with Crippen molar-refractivity contribution in [2.45, 2.75) is 60.4 Å². The first-order valence-corrected chi connectivity index (χ1v) is 17.4. The molecule has 4 heterocycles. The molecule has 236 valence electrons. The van der Waals surface area contributed by atoms with Crippen LogP contribution in [0.2, 0.25) is 6.32 Å². The predicted molar refractivity (Wildman–Crippen MR) is 181 cm³/mol. The lowest BCUT2D eigenvalue weighted by molar-refractivity contribution is -0.858. The molecule has 0 unspecified atom stereocenters. The molecule has 2 radical (unpaired) electrons. The van der Waals surface area contributed by atoms with E-state index in [9.17, 15) is 0 Å². The highest BCUT2D eigenvalue weighted by Gasteiger charge is 2.25. The summed E-state index contributed by atoms with van der Waals surface area (Å²) in [6.07, 6.45) is 2.67. The SMILES string of the molecule is CC.CCC.C[NH+](C)CCOCCO.[B]CCc1cc(-c2scc(COC)c2OCC)sc1-c1scc2c1OCCO2. The van der Waals surface area contributed by atoms with Crippen molar-refractivity contribution in [3.8, 4) is 36.8 Å². The highest BCUT2D eigenvalue weighted by molar-refractivity contribution is 7.26. The number of hydrogen-bond acceptors (Lipinski definition) is 9. The molecule has 1 aliphatic heterocycles. The second-order valence-corrected chi connectivity index (χ2v) is 12.1. The van der Waals surface area contributed by atoms with E-state index < -0.39 is 0 Å². The van der Waals surface area contributed by atoms with Crippen LogP contribution in [0.25, 0.3) is 19.5 Å². The normalized spacial score (nSPS) is 11.6. The number of likely N-dealkylation sites (N-methyl/N-ethyl adjacent to an activating group) is 1. The summed E-state index contributed by atoms with van der Waals surface area (Å²) in [6.45, 7) is 14.9. The Hall–Kier alpha value is -1.60. The van der Waals surface area contributed by atoms with Crippen LogP contribution in [0.3, 0.4) is 0 Å². The summed E-state index contributed by atoms with van der Waals surface area (Å²) < 4.78 is 28.0. The molecule has 11 heteroatoms. The van der Waals surface area contributed by atoms with Crippen LogP contribution in [-0.4, -0.2) is 80.3 Å². The molecule has 1 aliphatic rings. The summed E-state index contributed by atoms with van der Waals surface area (Å²) in [5, 5.41) is 12.5. The topological polar surface area (TPSA) is 70.8 Å². The fraction of sp³-hybridized carbons (Fsp3) is 0.613. The maximum atomic E-state index is 8.30. The summed E-state index contributed by atoms with van der Waals surface area (Å²) >= 11 is 5.13. The fourth-order valence-corrected chi connectivity index (χ4v) is 7.08. The van der Waals surface area contributed by atoms with Crippen LogP contribution in [0, 0.1) is 0 Å². The van der Waals surface area contributed by atoms with E-state index in [4.69, 9.17) is 36.6 Å². The Morgan fingerprint density at radius 1 is 0.976 bits per heavy atom. The Balaban J connectivity index is 0.000000532. The van der Waals surface area contributed by atoms with E-state index in [1.54, 1.807) is 41.1 Å². The average Bonchev–Trinajstić information content (AvgIpc) is 3.71. The van der Waals surface area contributed by atoms with Crippen LogP contribution in [0.15, 0.2) is 16.8 Å². The molecule has 0 saturated carbocycles. The average molecular weight is 641 g/mol. The lowest BCUT2D eigenvalue weighted by Crippen LogP contribution is -3.06. The van der Waals surface area contributed by atoms with E-state index in [0.717, 1.165) is 52.1 Å². The van der Waals surface area contributed by atoms with Crippen LogP contribution in [0.1, 0.15) is 52.2 Å². The third kappa shape index (κ3) is 12.2. The van der Waals surface area contributed by atoms with Crippen molar-refractivity contribution in [1.29, 1.82) is 0 Å². The maximum Gasteiger partial charge on any atom is 0.180 e. The van der Waals surface area contributed by atoms with Crippen LogP contribution in [0.4, 0.5) is 0 Å². The molecule has 3 aromatic heterocycles. The van der Waals surface area contributed by atoms with Gasteiger partial charge in [-0.2, -0.15) is 0 Å². The number of rotatable bonds is 13. The number of thiophene rings is 3. The first-order chi connectivity index (χ1) is 20.4. The van der Waals surface area contributed by atoms with Crippen molar-refractivity contribution >= 4 is 41.9 Å². The van der Waals surface area contributed by atoms with Gasteiger partial charge in [-0.1, -0.05) is 40.4 Å². The summed E-state index contributed by atoms with van der Waals surface area (Å²) in [4.78, 5) is 6.04. The Labute approximate surface area is 267 Å². The van der Waals surface area contributed by atoms with Crippen LogP contribution < -0.4 is 19.1 Å². The second-order valence-electron chi connectivity index (χ2n) is 9.24. The minimum Gasteiger partial charge on any atom is -0.492 e. The molecule has 0 spiro atoms. The zero-order valence-corrected chi connectivity index (χ0v) is 29.3. The molecule has 7 nitrogen and oxygen atoms in total. The maximum absolute atomic E-state index is 8.30. The van der Waals surface area contributed by atoms with Crippen molar-refractivity contribution in [1.82, 2.24) is 0 Å².